The van der Waals surface area contributed by atoms with Crippen LogP contribution < -0.4 is 14.4 Å². The first kappa shape index (κ1) is 16.5. The summed E-state index contributed by atoms with van der Waals surface area (Å²) in [6, 6.07) is 13.6. The highest BCUT2D eigenvalue weighted by Gasteiger charge is 2.10. The lowest BCUT2D eigenvalue weighted by atomic mass is 10.2. The molecule has 5 nitrogen and oxygen atoms in total. The van der Waals surface area contributed by atoms with Crippen LogP contribution in [-0.4, -0.2) is 37.3 Å². The van der Waals surface area contributed by atoms with Crippen LogP contribution >= 0.6 is 15.9 Å². The number of nitrogens with zero attached hydrogens (tertiary/aromatic N) is 3. The summed E-state index contributed by atoms with van der Waals surface area (Å²) in [6.07, 6.45) is 1.59. The van der Waals surface area contributed by atoms with Gasteiger partial charge in [-0.3, -0.25) is 0 Å². The molecule has 0 saturated carbocycles. The van der Waals surface area contributed by atoms with Crippen molar-refractivity contribution in [2.45, 2.75) is 0 Å². The maximum absolute atomic E-state index is 5.84. The third-order valence-corrected chi connectivity index (χ3v) is 4.18. The van der Waals surface area contributed by atoms with E-state index in [1.54, 1.807) is 13.4 Å². The number of anilines is 1. The molecule has 3 rings (SSSR count). The number of para-hydroxylation sites is 2. The highest BCUT2D eigenvalue weighted by Crippen LogP contribution is 2.27. The minimum atomic E-state index is 0.524. The Morgan fingerprint density at radius 2 is 1.88 bits per heavy atom. The van der Waals surface area contributed by atoms with Crippen LogP contribution in [-0.2, 0) is 0 Å². The molecule has 0 aliphatic carbocycles. The van der Waals surface area contributed by atoms with E-state index < -0.39 is 0 Å². The van der Waals surface area contributed by atoms with Gasteiger partial charge in [-0.1, -0.05) is 28.1 Å². The molecule has 0 atom stereocenters. The Labute approximate surface area is 149 Å². The van der Waals surface area contributed by atoms with Gasteiger partial charge in [-0.05, 0) is 30.3 Å². The molecule has 0 bridgehead atoms. The smallest absolute Gasteiger partial charge is 0.161 e. The van der Waals surface area contributed by atoms with E-state index in [4.69, 9.17) is 9.47 Å². The molecule has 0 saturated heterocycles. The fourth-order valence-electron chi connectivity index (χ4n) is 2.46. The zero-order chi connectivity index (χ0) is 16.9. The fraction of sp³-hybridized carbons (Fsp3) is 0.222. The van der Waals surface area contributed by atoms with Crippen LogP contribution in [0.1, 0.15) is 0 Å². The van der Waals surface area contributed by atoms with Crippen molar-refractivity contribution in [3.05, 3.63) is 53.3 Å². The number of hydrogen-bond donors (Lipinski definition) is 0. The zero-order valence-corrected chi connectivity index (χ0v) is 15.2. The highest BCUT2D eigenvalue weighted by molar-refractivity contribution is 9.10. The number of rotatable bonds is 6. The molecule has 24 heavy (non-hydrogen) atoms. The summed E-state index contributed by atoms with van der Waals surface area (Å²) < 4.78 is 12.1. The summed E-state index contributed by atoms with van der Waals surface area (Å²) in [5.74, 6) is 2.35. The van der Waals surface area contributed by atoms with Gasteiger partial charge in [-0.15, -0.1) is 0 Å². The van der Waals surface area contributed by atoms with Crippen molar-refractivity contribution in [2.24, 2.45) is 0 Å². The van der Waals surface area contributed by atoms with E-state index in [0.29, 0.717) is 13.2 Å². The van der Waals surface area contributed by atoms with Gasteiger partial charge < -0.3 is 14.4 Å². The molecule has 0 unspecified atom stereocenters. The Morgan fingerprint density at radius 3 is 2.67 bits per heavy atom. The van der Waals surface area contributed by atoms with Crippen LogP contribution in [0, 0.1) is 0 Å². The van der Waals surface area contributed by atoms with Crippen molar-refractivity contribution >= 4 is 32.7 Å². The van der Waals surface area contributed by atoms with Gasteiger partial charge in [-0.2, -0.15) is 0 Å². The van der Waals surface area contributed by atoms with Gasteiger partial charge in [0, 0.05) is 16.9 Å². The Kier molecular flexibility index (Phi) is 5.15. The SMILES string of the molecule is COc1ccccc1OCCN(C)c1ncnc2ccc(Br)cc12. The third-order valence-electron chi connectivity index (χ3n) is 3.69. The van der Waals surface area contributed by atoms with Crippen molar-refractivity contribution in [3.8, 4) is 11.5 Å². The Bertz CT molecular complexity index is 841. The Balaban J connectivity index is 1.71. The highest BCUT2D eigenvalue weighted by atomic mass is 79.9. The maximum Gasteiger partial charge on any atom is 0.161 e. The summed E-state index contributed by atoms with van der Waals surface area (Å²) in [6.45, 7) is 1.22. The van der Waals surface area contributed by atoms with Gasteiger partial charge in [0.05, 0.1) is 19.2 Å². The van der Waals surface area contributed by atoms with Gasteiger partial charge >= 0.3 is 0 Å². The molecule has 2 aromatic carbocycles. The lowest BCUT2D eigenvalue weighted by Gasteiger charge is -2.20. The molecule has 0 aliphatic rings. The molecule has 1 heterocycles. The van der Waals surface area contributed by atoms with Crippen LogP contribution in [0.2, 0.25) is 0 Å². The normalized spacial score (nSPS) is 10.6. The number of aromatic nitrogens is 2. The van der Waals surface area contributed by atoms with E-state index in [9.17, 15) is 0 Å². The molecule has 0 fully saturated rings. The van der Waals surface area contributed by atoms with Crippen LogP contribution in [0.15, 0.2) is 53.3 Å². The van der Waals surface area contributed by atoms with Crippen molar-refractivity contribution in [1.82, 2.24) is 9.97 Å². The molecule has 124 valence electrons. The first-order valence-corrected chi connectivity index (χ1v) is 8.35. The van der Waals surface area contributed by atoms with Crippen molar-refractivity contribution in [1.29, 1.82) is 0 Å². The third kappa shape index (κ3) is 3.59. The van der Waals surface area contributed by atoms with E-state index >= 15 is 0 Å². The van der Waals surface area contributed by atoms with Gasteiger partial charge in [0.2, 0.25) is 0 Å². The summed E-state index contributed by atoms with van der Waals surface area (Å²) >= 11 is 3.50. The molecule has 0 N–H and O–H groups in total. The van der Waals surface area contributed by atoms with E-state index in [1.807, 2.05) is 49.5 Å². The summed E-state index contributed by atoms with van der Waals surface area (Å²) in [4.78, 5) is 10.8. The zero-order valence-electron chi connectivity index (χ0n) is 13.6. The van der Waals surface area contributed by atoms with E-state index in [-0.39, 0.29) is 0 Å². The maximum atomic E-state index is 5.84. The lowest BCUT2D eigenvalue weighted by Crippen LogP contribution is -2.25. The molecule has 0 spiro atoms. The van der Waals surface area contributed by atoms with Crippen molar-refractivity contribution in [2.75, 3.05) is 32.2 Å². The number of halogens is 1. The number of hydrogen-bond acceptors (Lipinski definition) is 5. The van der Waals surface area contributed by atoms with E-state index in [2.05, 4.69) is 30.8 Å². The van der Waals surface area contributed by atoms with E-state index in [0.717, 1.165) is 32.7 Å². The Morgan fingerprint density at radius 1 is 1.08 bits per heavy atom. The lowest BCUT2D eigenvalue weighted by molar-refractivity contribution is 0.301. The molecule has 6 heteroatoms. The summed E-state index contributed by atoms with van der Waals surface area (Å²) in [7, 11) is 3.63. The summed E-state index contributed by atoms with van der Waals surface area (Å²) in [5, 5.41) is 1.01. The molecule has 0 amide bonds. The van der Waals surface area contributed by atoms with Crippen LogP contribution in [0.25, 0.3) is 10.9 Å². The average Bonchev–Trinajstić information content (AvgIpc) is 2.61. The van der Waals surface area contributed by atoms with Crippen LogP contribution in [0.4, 0.5) is 5.82 Å². The molecule has 0 aliphatic heterocycles. The predicted molar refractivity (Wildman–Crippen MR) is 99.0 cm³/mol. The molecular formula is C18H18BrN3O2. The molecule has 3 aromatic rings. The van der Waals surface area contributed by atoms with Crippen LogP contribution in [0.3, 0.4) is 0 Å². The number of benzene rings is 2. The number of ether oxygens (including phenoxy) is 2. The summed E-state index contributed by atoms with van der Waals surface area (Å²) in [5.41, 5.74) is 0.917. The van der Waals surface area contributed by atoms with Crippen LogP contribution in [0.5, 0.6) is 11.5 Å². The standard InChI is InChI=1S/C18H18BrN3O2/c1-22(9-10-24-17-6-4-3-5-16(17)23-2)18-14-11-13(19)7-8-15(14)20-12-21-18/h3-8,11-12H,9-10H2,1-2H3. The quantitative estimate of drug-likeness (QED) is 0.641. The minimum absolute atomic E-state index is 0.524. The van der Waals surface area contributed by atoms with Gasteiger partial charge in [0.15, 0.2) is 11.5 Å². The fourth-order valence-corrected chi connectivity index (χ4v) is 2.82. The second-order valence-electron chi connectivity index (χ2n) is 5.28. The van der Waals surface area contributed by atoms with Crippen molar-refractivity contribution in [3.63, 3.8) is 0 Å². The first-order chi connectivity index (χ1) is 11.7. The van der Waals surface area contributed by atoms with Gasteiger partial charge in [-0.25, -0.2) is 9.97 Å². The predicted octanol–water partition coefficient (Wildman–Crippen LogP) is 3.92. The topological polar surface area (TPSA) is 47.5 Å². The second-order valence-corrected chi connectivity index (χ2v) is 6.20. The monoisotopic (exact) mass is 387 g/mol. The number of methoxy groups -OCH3 is 1. The largest absolute Gasteiger partial charge is 0.493 e. The Hall–Kier alpha value is -2.34. The number of fused-ring (bicyclic) bond motifs is 1. The minimum Gasteiger partial charge on any atom is -0.493 e. The first-order valence-electron chi connectivity index (χ1n) is 7.56. The second kappa shape index (κ2) is 7.49. The van der Waals surface area contributed by atoms with Gasteiger partial charge in [0.25, 0.3) is 0 Å². The molecular weight excluding hydrogens is 370 g/mol. The van der Waals surface area contributed by atoms with Gasteiger partial charge in [0.1, 0.15) is 18.8 Å². The molecule has 0 radical (unpaired) electrons. The van der Waals surface area contributed by atoms with E-state index in [1.165, 1.54) is 0 Å². The van der Waals surface area contributed by atoms with Crippen molar-refractivity contribution < 1.29 is 9.47 Å². The average molecular weight is 388 g/mol. The molecule has 1 aromatic heterocycles. The number of likely N-dealkylation sites (N-methyl/N-ethyl adjacent to an activating group) is 1.